The molecule has 29 heavy (non-hydrogen) atoms. The van der Waals surface area contributed by atoms with Crippen molar-refractivity contribution in [1.29, 1.82) is 0 Å². The van der Waals surface area contributed by atoms with E-state index in [0.29, 0.717) is 11.1 Å². The van der Waals surface area contributed by atoms with E-state index in [9.17, 15) is 14.7 Å². The van der Waals surface area contributed by atoms with E-state index in [-0.39, 0.29) is 11.7 Å². The molecule has 3 N–H and O–H groups in total. The zero-order chi connectivity index (χ0) is 21.8. The van der Waals surface area contributed by atoms with Crippen molar-refractivity contribution in [2.75, 3.05) is 5.32 Å². The number of alkyl carbamates (subject to hydrolysis) is 1. The zero-order valence-electron chi connectivity index (χ0n) is 17.5. The summed E-state index contributed by atoms with van der Waals surface area (Å²) < 4.78 is 10.4. The van der Waals surface area contributed by atoms with Gasteiger partial charge in [-0.05, 0) is 65.1 Å². The standard InChI is InChI=1S/C21H27N3O5/c1-20(2,3)28-18(26)23-17(24-19(27)29-21(4,5)6)22-16-9-7-8-13-10-11-14(25)12-15(13)16/h7-12,25H,1-6H3,(H2,22,23,24,26,27). The number of fused-ring (bicyclic) bond motifs is 1. The van der Waals surface area contributed by atoms with Crippen LogP contribution in [-0.2, 0) is 9.47 Å². The molecular formula is C21H27N3O5. The van der Waals surface area contributed by atoms with Gasteiger partial charge in [0, 0.05) is 11.1 Å². The number of anilines is 1. The van der Waals surface area contributed by atoms with Crippen LogP contribution in [0.25, 0.3) is 10.8 Å². The second kappa shape index (κ2) is 8.38. The quantitative estimate of drug-likeness (QED) is 0.469. The summed E-state index contributed by atoms with van der Waals surface area (Å²) in [4.78, 5) is 28.2. The SMILES string of the molecule is CC(C)(C)OC(=O)/N=C(\NC(=O)OC(C)(C)C)Nc1cccc2ccc(O)cc12. The molecule has 0 bridgehead atoms. The number of phenolic OH excluding ortho intramolecular Hbond substituents is 1. The number of hydrogen-bond acceptors (Lipinski definition) is 5. The second-order valence-electron chi connectivity index (χ2n) is 8.40. The minimum absolute atomic E-state index is 0.0810. The topological polar surface area (TPSA) is 109 Å². The van der Waals surface area contributed by atoms with Crippen molar-refractivity contribution in [2.24, 2.45) is 4.99 Å². The molecule has 0 aliphatic heterocycles. The summed E-state index contributed by atoms with van der Waals surface area (Å²) in [6.07, 6.45) is -1.66. The van der Waals surface area contributed by atoms with E-state index in [1.165, 1.54) is 0 Å². The molecular weight excluding hydrogens is 374 g/mol. The van der Waals surface area contributed by atoms with Crippen molar-refractivity contribution in [3.63, 3.8) is 0 Å². The summed E-state index contributed by atoms with van der Waals surface area (Å²) in [6.45, 7) is 10.3. The monoisotopic (exact) mass is 401 g/mol. The number of carbonyl (C=O) groups is 2. The fourth-order valence-corrected chi connectivity index (χ4v) is 2.36. The molecule has 0 aliphatic rings. The van der Waals surface area contributed by atoms with E-state index >= 15 is 0 Å². The molecule has 2 rings (SSSR count). The summed E-state index contributed by atoms with van der Waals surface area (Å²) in [7, 11) is 0. The Hall–Kier alpha value is -3.29. The van der Waals surface area contributed by atoms with Gasteiger partial charge in [0.15, 0.2) is 0 Å². The van der Waals surface area contributed by atoms with Gasteiger partial charge in [-0.15, -0.1) is 4.99 Å². The normalized spacial score (nSPS) is 12.4. The number of nitrogens with zero attached hydrogens (tertiary/aromatic N) is 1. The van der Waals surface area contributed by atoms with Crippen LogP contribution in [0.5, 0.6) is 5.75 Å². The molecule has 2 aromatic carbocycles. The Morgan fingerprint density at radius 1 is 0.966 bits per heavy atom. The molecule has 0 spiro atoms. The Balaban J connectivity index is 2.36. The van der Waals surface area contributed by atoms with E-state index < -0.39 is 23.4 Å². The molecule has 0 fully saturated rings. The minimum atomic E-state index is -0.876. The molecule has 0 aromatic heterocycles. The molecule has 156 valence electrons. The highest BCUT2D eigenvalue weighted by Gasteiger charge is 2.20. The fraction of sp³-hybridized carbons (Fsp3) is 0.381. The Bertz CT molecular complexity index is 939. The molecule has 0 saturated carbocycles. The number of aliphatic imine (C=N–C) groups is 1. The van der Waals surface area contributed by atoms with Crippen molar-refractivity contribution in [3.05, 3.63) is 36.4 Å². The molecule has 2 aromatic rings. The number of guanidine groups is 1. The Kier molecular flexibility index (Phi) is 6.36. The van der Waals surface area contributed by atoms with E-state index in [1.54, 1.807) is 71.9 Å². The van der Waals surface area contributed by atoms with Crippen LogP contribution in [-0.4, -0.2) is 34.5 Å². The number of aromatic hydroxyl groups is 1. The number of phenols is 1. The maximum absolute atomic E-state index is 12.2. The zero-order valence-corrected chi connectivity index (χ0v) is 17.5. The summed E-state index contributed by atoms with van der Waals surface area (Å²) >= 11 is 0. The number of amides is 2. The predicted molar refractivity (Wildman–Crippen MR) is 112 cm³/mol. The van der Waals surface area contributed by atoms with Crippen LogP contribution in [0.1, 0.15) is 41.5 Å². The average molecular weight is 401 g/mol. The molecule has 0 unspecified atom stereocenters. The molecule has 0 aliphatic carbocycles. The lowest BCUT2D eigenvalue weighted by molar-refractivity contribution is 0.0562. The second-order valence-corrected chi connectivity index (χ2v) is 8.40. The lowest BCUT2D eigenvalue weighted by atomic mass is 10.1. The van der Waals surface area contributed by atoms with Gasteiger partial charge < -0.3 is 19.9 Å². The van der Waals surface area contributed by atoms with Gasteiger partial charge in [-0.2, -0.15) is 0 Å². The lowest BCUT2D eigenvalue weighted by Crippen LogP contribution is -2.40. The largest absolute Gasteiger partial charge is 0.508 e. The summed E-state index contributed by atoms with van der Waals surface area (Å²) in [6, 6.07) is 10.3. The first-order valence-electron chi connectivity index (χ1n) is 9.13. The molecule has 0 atom stereocenters. The minimum Gasteiger partial charge on any atom is -0.508 e. The highest BCUT2D eigenvalue weighted by Crippen LogP contribution is 2.27. The lowest BCUT2D eigenvalue weighted by Gasteiger charge is -2.21. The number of rotatable bonds is 1. The van der Waals surface area contributed by atoms with Crippen molar-refractivity contribution in [2.45, 2.75) is 52.7 Å². The molecule has 0 heterocycles. The van der Waals surface area contributed by atoms with Gasteiger partial charge in [0.05, 0.1) is 0 Å². The molecule has 2 amide bonds. The Morgan fingerprint density at radius 2 is 1.62 bits per heavy atom. The van der Waals surface area contributed by atoms with Crippen LogP contribution in [0.3, 0.4) is 0 Å². The number of benzene rings is 2. The van der Waals surface area contributed by atoms with E-state index in [4.69, 9.17) is 9.47 Å². The van der Waals surface area contributed by atoms with Crippen LogP contribution in [0.2, 0.25) is 0 Å². The maximum atomic E-state index is 12.2. The molecule has 0 saturated heterocycles. The van der Waals surface area contributed by atoms with Crippen LogP contribution in [0.15, 0.2) is 41.4 Å². The maximum Gasteiger partial charge on any atom is 0.437 e. The average Bonchev–Trinajstić information content (AvgIpc) is 2.51. The van der Waals surface area contributed by atoms with E-state index in [2.05, 4.69) is 15.6 Å². The third kappa shape index (κ3) is 7.33. The van der Waals surface area contributed by atoms with Crippen molar-refractivity contribution in [3.8, 4) is 5.75 Å². The Morgan fingerprint density at radius 3 is 2.24 bits per heavy atom. The van der Waals surface area contributed by atoms with Crippen molar-refractivity contribution >= 4 is 34.6 Å². The van der Waals surface area contributed by atoms with E-state index in [1.807, 2.05) is 6.07 Å². The van der Waals surface area contributed by atoms with Crippen molar-refractivity contribution in [1.82, 2.24) is 5.32 Å². The van der Waals surface area contributed by atoms with Gasteiger partial charge >= 0.3 is 12.2 Å². The van der Waals surface area contributed by atoms with Gasteiger partial charge in [0.1, 0.15) is 17.0 Å². The number of nitrogens with one attached hydrogen (secondary N) is 2. The van der Waals surface area contributed by atoms with Crippen LogP contribution in [0, 0.1) is 0 Å². The summed E-state index contributed by atoms with van der Waals surface area (Å²) in [5.41, 5.74) is -0.952. The smallest absolute Gasteiger partial charge is 0.437 e. The highest BCUT2D eigenvalue weighted by atomic mass is 16.6. The van der Waals surface area contributed by atoms with Gasteiger partial charge in [-0.3, -0.25) is 5.32 Å². The van der Waals surface area contributed by atoms with Gasteiger partial charge in [0.25, 0.3) is 0 Å². The molecule has 8 heteroatoms. The van der Waals surface area contributed by atoms with Gasteiger partial charge in [-0.25, -0.2) is 9.59 Å². The first-order valence-corrected chi connectivity index (χ1v) is 9.13. The van der Waals surface area contributed by atoms with Crippen molar-refractivity contribution < 1.29 is 24.2 Å². The third-order valence-corrected chi connectivity index (χ3v) is 3.33. The highest BCUT2D eigenvalue weighted by molar-refractivity contribution is 6.10. The van der Waals surface area contributed by atoms with Crippen LogP contribution < -0.4 is 10.6 Å². The third-order valence-electron chi connectivity index (χ3n) is 3.33. The van der Waals surface area contributed by atoms with Crippen LogP contribution in [0.4, 0.5) is 15.3 Å². The van der Waals surface area contributed by atoms with Gasteiger partial charge in [0.2, 0.25) is 5.96 Å². The van der Waals surface area contributed by atoms with E-state index in [0.717, 1.165) is 5.39 Å². The first kappa shape index (κ1) is 22.0. The molecule has 0 radical (unpaired) electrons. The number of hydrogen-bond donors (Lipinski definition) is 3. The summed E-state index contributed by atoms with van der Waals surface area (Å²) in [5.74, 6) is -0.0816. The fourth-order valence-electron chi connectivity index (χ4n) is 2.36. The predicted octanol–water partition coefficient (Wildman–Crippen LogP) is 4.77. The Labute approximate surface area is 169 Å². The number of ether oxygens (including phenoxy) is 2. The molecule has 8 nitrogen and oxygen atoms in total. The number of carbonyl (C=O) groups excluding carboxylic acids is 2. The first-order chi connectivity index (χ1) is 13.3. The van der Waals surface area contributed by atoms with Gasteiger partial charge in [-0.1, -0.05) is 18.2 Å². The summed E-state index contributed by atoms with van der Waals surface area (Å²) in [5, 5.41) is 16.7. The van der Waals surface area contributed by atoms with Crippen LogP contribution >= 0.6 is 0 Å².